The van der Waals surface area contributed by atoms with Gasteiger partial charge in [0.15, 0.2) is 5.13 Å². The summed E-state index contributed by atoms with van der Waals surface area (Å²) >= 11 is 7.56. The van der Waals surface area contributed by atoms with Gasteiger partial charge in [0.2, 0.25) is 0 Å². The second-order valence-electron chi connectivity index (χ2n) is 4.58. The lowest BCUT2D eigenvalue weighted by molar-refractivity contribution is 0.273. The van der Waals surface area contributed by atoms with Gasteiger partial charge in [-0.2, -0.15) is 0 Å². The summed E-state index contributed by atoms with van der Waals surface area (Å²) in [7, 11) is 0. The number of fused-ring (bicyclic) bond motifs is 1. The highest BCUT2D eigenvalue weighted by Gasteiger charge is 2.29. The van der Waals surface area contributed by atoms with Crippen LogP contribution in [0.2, 0.25) is 5.15 Å². The van der Waals surface area contributed by atoms with Crippen molar-refractivity contribution in [2.75, 3.05) is 31.1 Å². The highest BCUT2D eigenvalue weighted by molar-refractivity contribution is 7.14. The summed E-state index contributed by atoms with van der Waals surface area (Å²) < 4.78 is 0. The Morgan fingerprint density at radius 1 is 1.31 bits per heavy atom. The van der Waals surface area contributed by atoms with Crippen molar-refractivity contribution in [2.45, 2.75) is 25.3 Å². The van der Waals surface area contributed by atoms with Crippen LogP contribution in [-0.2, 0) is 0 Å². The Kier molecular flexibility index (Phi) is 3.05. The molecule has 88 valence electrons. The van der Waals surface area contributed by atoms with Crippen molar-refractivity contribution in [3.63, 3.8) is 0 Å². The molecule has 0 radical (unpaired) electrons. The van der Waals surface area contributed by atoms with Crippen LogP contribution in [0.4, 0.5) is 5.13 Å². The van der Waals surface area contributed by atoms with Gasteiger partial charge < -0.3 is 4.90 Å². The summed E-state index contributed by atoms with van der Waals surface area (Å²) in [5, 5.41) is 3.65. The van der Waals surface area contributed by atoms with Crippen molar-refractivity contribution in [1.82, 2.24) is 9.88 Å². The molecule has 5 heteroatoms. The maximum atomic E-state index is 5.89. The Hall–Kier alpha value is -0.320. The normalized spacial score (nSPS) is 26.8. The molecule has 1 aromatic rings. The maximum absolute atomic E-state index is 5.89. The molecule has 3 rings (SSSR count). The van der Waals surface area contributed by atoms with Crippen LogP contribution in [0.5, 0.6) is 0 Å². The van der Waals surface area contributed by atoms with Gasteiger partial charge in [-0.1, -0.05) is 11.6 Å². The highest BCUT2D eigenvalue weighted by atomic mass is 35.5. The van der Waals surface area contributed by atoms with Crippen molar-refractivity contribution in [2.24, 2.45) is 0 Å². The minimum atomic E-state index is 0.632. The van der Waals surface area contributed by atoms with E-state index >= 15 is 0 Å². The van der Waals surface area contributed by atoms with Gasteiger partial charge in [-0.3, -0.25) is 4.90 Å². The lowest BCUT2D eigenvalue weighted by Crippen LogP contribution is -2.36. The summed E-state index contributed by atoms with van der Waals surface area (Å²) in [5.74, 6) is 0. The molecular weight excluding hydrogens is 242 g/mol. The zero-order valence-electron chi connectivity index (χ0n) is 9.23. The molecule has 2 fully saturated rings. The Balaban J connectivity index is 1.76. The van der Waals surface area contributed by atoms with Gasteiger partial charge in [0.1, 0.15) is 5.15 Å². The number of hydrogen-bond donors (Lipinski definition) is 0. The van der Waals surface area contributed by atoms with Gasteiger partial charge >= 0.3 is 0 Å². The number of halogens is 1. The second kappa shape index (κ2) is 4.51. The van der Waals surface area contributed by atoms with E-state index in [0.717, 1.165) is 24.3 Å². The molecule has 2 aliphatic rings. The van der Waals surface area contributed by atoms with Gasteiger partial charge in [-0.15, -0.1) is 11.3 Å². The number of nitrogens with zero attached hydrogens (tertiary/aromatic N) is 3. The fraction of sp³-hybridized carbons (Fsp3) is 0.727. The van der Waals surface area contributed by atoms with Crippen LogP contribution in [0.1, 0.15) is 19.3 Å². The van der Waals surface area contributed by atoms with Crippen LogP contribution in [0.15, 0.2) is 5.38 Å². The van der Waals surface area contributed by atoms with Gasteiger partial charge in [0.05, 0.1) is 0 Å². The Labute approximate surface area is 105 Å². The van der Waals surface area contributed by atoms with E-state index in [2.05, 4.69) is 14.8 Å². The van der Waals surface area contributed by atoms with Crippen LogP contribution >= 0.6 is 22.9 Å². The van der Waals surface area contributed by atoms with E-state index in [0.29, 0.717) is 5.15 Å². The molecule has 3 heterocycles. The molecule has 1 aromatic heterocycles. The molecule has 3 nitrogen and oxygen atoms in total. The third-order valence-electron chi connectivity index (χ3n) is 3.54. The quantitative estimate of drug-likeness (QED) is 0.771. The Morgan fingerprint density at radius 3 is 3.00 bits per heavy atom. The molecule has 0 amide bonds. The predicted molar refractivity (Wildman–Crippen MR) is 68.5 cm³/mol. The molecule has 0 N–H and O–H groups in total. The van der Waals surface area contributed by atoms with Crippen LogP contribution < -0.4 is 4.90 Å². The first-order valence-electron chi connectivity index (χ1n) is 5.93. The van der Waals surface area contributed by atoms with E-state index in [1.165, 1.54) is 32.4 Å². The molecule has 16 heavy (non-hydrogen) atoms. The zero-order chi connectivity index (χ0) is 11.0. The van der Waals surface area contributed by atoms with Gasteiger partial charge in [-0.25, -0.2) is 4.98 Å². The third kappa shape index (κ3) is 2.06. The first-order valence-corrected chi connectivity index (χ1v) is 7.19. The monoisotopic (exact) mass is 257 g/mol. The van der Waals surface area contributed by atoms with E-state index in [1.807, 2.05) is 5.38 Å². The average molecular weight is 258 g/mol. The maximum Gasteiger partial charge on any atom is 0.186 e. The molecule has 0 aromatic carbocycles. The van der Waals surface area contributed by atoms with E-state index in [4.69, 9.17) is 11.6 Å². The van der Waals surface area contributed by atoms with Crippen molar-refractivity contribution < 1.29 is 0 Å². The number of thiazole rings is 1. The second-order valence-corrected chi connectivity index (χ2v) is 5.81. The largest absolute Gasteiger partial charge is 0.346 e. The van der Waals surface area contributed by atoms with Crippen LogP contribution in [0.25, 0.3) is 0 Å². The standard InChI is InChI=1S/C11H16ClN3S/c12-10-8-16-11(13-10)15-6-2-5-14-4-1-3-9(14)7-15/h8-9H,1-7H2. The first-order chi connectivity index (χ1) is 7.83. The number of aromatic nitrogens is 1. The van der Waals surface area contributed by atoms with E-state index in [-0.39, 0.29) is 0 Å². The van der Waals surface area contributed by atoms with Crippen molar-refractivity contribution in [3.8, 4) is 0 Å². The minimum Gasteiger partial charge on any atom is -0.346 e. The molecule has 0 aliphatic carbocycles. The smallest absolute Gasteiger partial charge is 0.186 e. The molecule has 2 aliphatic heterocycles. The summed E-state index contributed by atoms with van der Waals surface area (Å²) in [6.07, 6.45) is 3.94. The van der Waals surface area contributed by atoms with Crippen LogP contribution in [0, 0.1) is 0 Å². The lowest BCUT2D eigenvalue weighted by atomic mass is 10.2. The topological polar surface area (TPSA) is 19.4 Å². The van der Waals surface area contributed by atoms with Gasteiger partial charge in [-0.05, 0) is 25.8 Å². The summed E-state index contributed by atoms with van der Waals surface area (Å²) in [6, 6.07) is 0.741. The molecular formula is C11H16ClN3S. The zero-order valence-corrected chi connectivity index (χ0v) is 10.8. The van der Waals surface area contributed by atoms with Crippen molar-refractivity contribution >= 4 is 28.1 Å². The SMILES string of the molecule is Clc1csc(N2CCCN3CCCC3C2)n1. The fourth-order valence-corrected chi connectivity index (χ4v) is 3.76. The summed E-state index contributed by atoms with van der Waals surface area (Å²) in [6.45, 7) is 4.79. The molecule has 0 saturated carbocycles. The summed E-state index contributed by atoms with van der Waals surface area (Å²) in [5.41, 5.74) is 0. The number of rotatable bonds is 1. The number of anilines is 1. The molecule has 1 unspecified atom stereocenters. The lowest BCUT2D eigenvalue weighted by Gasteiger charge is -2.25. The van der Waals surface area contributed by atoms with Crippen molar-refractivity contribution in [3.05, 3.63) is 10.5 Å². The first kappa shape index (κ1) is 10.8. The molecule has 2 saturated heterocycles. The highest BCUT2D eigenvalue weighted by Crippen LogP contribution is 2.28. The van der Waals surface area contributed by atoms with E-state index < -0.39 is 0 Å². The fourth-order valence-electron chi connectivity index (χ4n) is 2.77. The number of hydrogen-bond acceptors (Lipinski definition) is 4. The van der Waals surface area contributed by atoms with Gasteiger partial charge in [0.25, 0.3) is 0 Å². The van der Waals surface area contributed by atoms with Crippen LogP contribution in [0.3, 0.4) is 0 Å². The average Bonchev–Trinajstić information content (AvgIpc) is 2.83. The molecule has 1 atom stereocenters. The van der Waals surface area contributed by atoms with E-state index in [9.17, 15) is 0 Å². The molecule has 0 spiro atoms. The predicted octanol–water partition coefficient (Wildman–Crippen LogP) is 2.47. The van der Waals surface area contributed by atoms with E-state index in [1.54, 1.807) is 11.3 Å². The Bertz CT molecular complexity index is 368. The third-order valence-corrected chi connectivity index (χ3v) is 4.76. The molecule has 0 bridgehead atoms. The van der Waals surface area contributed by atoms with Gasteiger partial charge in [0, 0.05) is 31.1 Å². The Morgan fingerprint density at radius 2 is 2.19 bits per heavy atom. The van der Waals surface area contributed by atoms with Crippen LogP contribution in [-0.4, -0.2) is 42.1 Å². The minimum absolute atomic E-state index is 0.632. The summed E-state index contributed by atoms with van der Waals surface area (Å²) in [4.78, 5) is 9.42. The van der Waals surface area contributed by atoms with Crippen molar-refractivity contribution in [1.29, 1.82) is 0 Å².